The van der Waals surface area contributed by atoms with Crippen LogP contribution in [0.4, 0.5) is 13.2 Å². The molecule has 0 aromatic heterocycles. The normalized spacial score (nSPS) is 17.1. The summed E-state index contributed by atoms with van der Waals surface area (Å²) in [6.45, 7) is 2.77. The highest BCUT2D eigenvalue weighted by Gasteiger charge is 2.27. The molecule has 0 fully saturated rings. The van der Waals surface area contributed by atoms with Gasteiger partial charge in [0, 0.05) is 12.1 Å². The molecule has 2 nitrogen and oxygen atoms in total. The Labute approximate surface area is 76.9 Å². The molecule has 0 aromatic carbocycles. The molecule has 0 radical (unpaired) electrons. The smallest absolute Gasteiger partial charge is 0.317 e. The Kier molecular flexibility index (Phi) is 5.32. The van der Waals surface area contributed by atoms with Gasteiger partial charge in [0.1, 0.15) is 0 Å². The van der Waals surface area contributed by atoms with E-state index in [0.29, 0.717) is 6.42 Å². The van der Waals surface area contributed by atoms with E-state index >= 15 is 0 Å². The Hall–Kier alpha value is -0.290. The van der Waals surface area contributed by atoms with E-state index in [9.17, 15) is 13.2 Å². The Morgan fingerprint density at radius 2 is 1.69 bits per heavy atom. The van der Waals surface area contributed by atoms with E-state index < -0.39 is 12.7 Å². The third kappa shape index (κ3) is 8.05. The molecule has 2 atom stereocenters. The third-order valence-corrected chi connectivity index (χ3v) is 1.85. The minimum atomic E-state index is -4.11. The molecule has 0 spiro atoms. The lowest BCUT2D eigenvalue weighted by Gasteiger charge is -2.18. The van der Waals surface area contributed by atoms with Gasteiger partial charge in [-0.05, 0) is 27.3 Å². The van der Waals surface area contributed by atoms with Gasteiger partial charge in [0.15, 0.2) is 0 Å². The molecule has 13 heavy (non-hydrogen) atoms. The molecule has 0 saturated carbocycles. The fourth-order valence-corrected chi connectivity index (χ4v) is 1.02. The Balaban J connectivity index is 3.57. The second kappa shape index (κ2) is 5.44. The molecule has 2 N–H and O–H groups in total. The number of rotatable bonds is 5. The second-order valence-electron chi connectivity index (χ2n) is 3.32. The van der Waals surface area contributed by atoms with Gasteiger partial charge in [0.05, 0.1) is 6.54 Å². The predicted molar refractivity (Wildman–Crippen MR) is 46.7 cm³/mol. The summed E-state index contributed by atoms with van der Waals surface area (Å²) in [6, 6.07) is 0.111. The molecular formula is C8H17F3N2. The lowest BCUT2D eigenvalue weighted by molar-refractivity contribution is -0.126. The summed E-state index contributed by atoms with van der Waals surface area (Å²) in [5, 5.41) is 5.39. The molecule has 0 rings (SSSR count). The van der Waals surface area contributed by atoms with E-state index in [-0.39, 0.29) is 12.1 Å². The van der Waals surface area contributed by atoms with Gasteiger partial charge in [-0.2, -0.15) is 13.2 Å². The van der Waals surface area contributed by atoms with Crippen LogP contribution in [0.15, 0.2) is 0 Å². The van der Waals surface area contributed by atoms with Crippen LogP contribution in [-0.2, 0) is 0 Å². The standard InChI is InChI=1S/C8H17F3N2/c1-6(12-3)4-7(2)13-5-8(9,10)11/h6-7,12-13H,4-5H2,1-3H3. The first-order chi connectivity index (χ1) is 5.85. The van der Waals surface area contributed by atoms with Crippen molar-refractivity contribution in [2.24, 2.45) is 0 Å². The number of hydrogen-bond acceptors (Lipinski definition) is 2. The van der Waals surface area contributed by atoms with Gasteiger partial charge in [-0.1, -0.05) is 0 Å². The maximum Gasteiger partial charge on any atom is 0.401 e. The largest absolute Gasteiger partial charge is 0.401 e. The SMILES string of the molecule is CNC(C)CC(C)NCC(F)(F)F. The van der Waals surface area contributed by atoms with Crippen molar-refractivity contribution in [3.63, 3.8) is 0 Å². The summed E-state index contributed by atoms with van der Waals surface area (Å²) < 4.78 is 35.3. The van der Waals surface area contributed by atoms with Gasteiger partial charge in [-0.3, -0.25) is 0 Å². The maximum atomic E-state index is 11.8. The van der Waals surface area contributed by atoms with Gasteiger partial charge in [0.2, 0.25) is 0 Å². The van der Waals surface area contributed by atoms with E-state index in [0.717, 1.165) is 0 Å². The molecule has 0 heterocycles. The fraction of sp³-hybridized carbons (Fsp3) is 1.00. The van der Waals surface area contributed by atoms with Crippen LogP contribution in [0.5, 0.6) is 0 Å². The quantitative estimate of drug-likeness (QED) is 0.700. The van der Waals surface area contributed by atoms with E-state index in [1.54, 1.807) is 14.0 Å². The fourth-order valence-electron chi connectivity index (χ4n) is 1.02. The van der Waals surface area contributed by atoms with E-state index in [2.05, 4.69) is 10.6 Å². The minimum absolute atomic E-state index is 0.121. The first-order valence-electron chi connectivity index (χ1n) is 4.32. The molecule has 0 aromatic rings. The summed E-state index contributed by atoms with van der Waals surface area (Å²) in [7, 11) is 1.79. The molecule has 0 bridgehead atoms. The van der Waals surface area contributed by atoms with Crippen LogP contribution in [0.3, 0.4) is 0 Å². The van der Waals surface area contributed by atoms with Crippen molar-refractivity contribution in [3.05, 3.63) is 0 Å². The molecule has 80 valence electrons. The van der Waals surface area contributed by atoms with Crippen molar-refractivity contribution < 1.29 is 13.2 Å². The van der Waals surface area contributed by atoms with Gasteiger partial charge in [-0.25, -0.2) is 0 Å². The zero-order valence-electron chi connectivity index (χ0n) is 8.20. The van der Waals surface area contributed by atoms with Crippen molar-refractivity contribution in [1.29, 1.82) is 0 Å². The van der Waals surface area contributed by atoms with Crippen molar-refractivity contribution >= 4 is 0 Å². The van der Waals surface area contributed by atoms with Gasteiger partial charge in [0.25, 0.3) is 0 Å². The molecular weight excluding hydrogens is 181 g/mol. The first-order valence-corrected chi connectivity index (χ1v) is 4.32. The number of halogens is 3. The summed E-state index contributed by atoms with van der Waals surface area (Å²) in [5.41, 5.74) is 0. The second-order valence-corrected chi connectivity index (χ2v) is 3.32. The molecule has 5 heteroatoms. The van der Waals surface area contributed by atoms with E-state index in [4.69, 9.17) is 0 Å². The molecule has 2 unspecified atom stereocenters. The van der Waals surface area contributed by atoms with E-state index in [1.807, 2.05) is 6.92 Å². The van der Waals surface area contributed by atoms with Crippen LogP contribution < -0.4 is 10.6 Å². The predicted octanol–water partition coefficient (Wildman–Crippen LogP) is 1.52. The number of alkyl halides is 3. The topological polar surface area (TPSA) is 24.1 Å². The molecule has 0 saturated heterocycles. The van der Waals surface area contributed by atoms with Crippen molar-refractivity contribution in [2.75, 3.05) is 13.6 Å². The Bertz CT molecular complexity index is 136. The zero-order chi connectivity index (χ0) is 10.5. The Morgan fingerprint density at radius 3 is 2.08 bits per heavy atom. The monoisotopic (exact) mass is 198 g/mol. The van der Waals surface area contributed by atoms with Crippen molar-refractivity contribution in [1.82, 2.24) is 10.6 Å². The third-order valence-electron chi connectivity index (χ3n) is 1.85. The number of nitrogens with one attached hydrogen (secondary N) is 2. The van der Waals surface area contributed by atoms with Crippen LogP contribution in [0.25, 0.3) is 0 Å². The maximum absolute atomic E-state index is 11.8. The highest BCUT2D eigenvalue weighted by molar-refractivity contribution is 4.69. The summed E-state index contributed by atoms with van der Waals surface area (Å²) in [6.07, 6.45) is -3.43. The number of hydrogen-bond donors (Lipinski definition) is 2. The minimum Gasteiger partial charge on any atom is -0.317 e. The zero-order valence-corrected chi connectivity index (χ0v) is 8.20. The average molecular weight is 198 g/mol. The van der Waals surface area contributed by atoms with Gasteiger partial charge >= 0.3 is 6.18 Å². The highest BCUT2D eigenvalue weighted by Crippen LogP contribution is 2.13. The van der Waals surface area contributed by atoms with Gasteiger partial charge in [-0.15, -0.1) is 0 Å². The van der Waals surface area contributed by atoms with Crippen LogP contribution in [0.1, 0.15) is 20.3 Å². The Morgan fingerprint density at radius 1 is 1.15 bits per heavy atom. The molecule has 0 aliphatic rings. The van der Waals surface area contributed by atoms with Crippen LogP contribution in [0, 0.1) is 0 Å². The lowest BCUT2D eigenvalue weighted by Crippen LogP contribution is -2.38. The first kappa shape index (κ1) is 12.7. The van der Waals surface area contributed by atoms with Crippen LogP contribution in [0.2, 0.25) is 0 Å². The van der Waals surface area contributed by atoms with Gasteiger partial charge < -0.3 is 10.6 Å². The summed E-state index contributed by atoms with van der Waals surface area (Å²) in [4.78, 5) is 0. The molecule has 0 aliphatic heterocycles. The average Bonchev–Trinajstić information content (AvgIpc) is 1.99. The molecule has 0 amide bonds. The van der Waals surface area contributed by atoms with Crippen molar-refractivity contribution in [3.8, 4) is 0 Å². The molecule has 0 aliphatic carbocycles. The van der Waals surface area contributed by atoms with Crippen LogP contribution >= 0.6 is 0 Å². The highest BCUT2D eigenvalue weighted by atomic mass is 19.4. The lowest BCUT2D eigenvalue weighted by atomic mass is 10.1. The summed E-state index contributed by atoms with van der Waals surface area (Å²) in [5.74, 6) is 0. The van der Waals surface area contributed by atoms with E-state index in [1.165, 1.54) is 0 Å². The van der Waals surface area contributed by atoms with Crippen LogP contribution in [-0.4, -0.2) is 31.9 Å². The van der Waals surface area contributed by atoms with Crippen molar-refractivity contribution in [2.45, 2.75) is 38.5 Å². The summed E-state index contributed by atoms with van der Waals surface area (Å²) >= 11 is 0.